The lowest BCUT2D eigenvalue weighted by atomic mass is 10.0. The number of hydrogen-bond donors (Lipinski definition) is 1. The molecule has 0 fully saturated rings. The highest BCUT2D eigenvalue weighted by Crippen LogP contribution is 2.14. The maximum atomic E-state index is 11.9. The molecule has 0 radical (unpaired) electrons. The fraction of sp³-hybridized carbons (Fsp3) is 0.267. The second-order valence-electron chi connectivity index (χ2n) is 4.41. The molecule has 94 valence electrons. The summed E-state index contributed by atoms with van der Waals surface area (Å²) < 4.78 is 5.12. The van der Waals surface area contributed by atoms with Gasteiger partial charge in [0.05, 0.1) is 11.8 Å². The van der Waals surface area contributed by atoms with Crippen LogP contribution in [0.3, 0.4) is 0 Å². The van der Waals surface area contributed by atoms with Crippen molar-refractivity contribution in [2.24, 2.45) is 0 Å². The minimum atomic E-state index is -0.0796. The number of aryl methyl sites for hydroxylation is 1. The predicted octanol–water partition coefficient (Wildman–Crippen LogP) is 3.12. The van der Waals surface area contributed by atoms with Crippen molar-refractivity contribution in [3.8, 4) is 0 Å². The van der Waals surface area contributed by atoms with Crippen LogP contribution < -0.4 is 5.32 Å². The Labute approximate surface area is 107 Å². The molecule has 2 rings (SSSR count). The molecule has 18 heavy (non-hydrogen) atoms. The van der Waals surface area contributed by atoms with Gasteiger partial charge in [0.15, 0.2) is 0 Å². The van der Waals surface area contributed by atoms with Crippen LogP contribution in [0, 0.1) is 6.92 Å². The molecule has 1 amide bonds. The average molecular weight is 243 g/mol. The molecule has 0 saturated heterocycles. The first-order chi connectivity index (χ1) is 8.68. The average Bonchev–Trinajstić information content (AvgIpc) is 2.83. The van der Waals surface area contributed by atoms with Crippen molar-refractivity contribution in [1.82, 2.24) is 5.32 Å². The summed E-state index contributed by atoms with van der Waals surface area (Å²) in [6, 6.07) is 11.8. The Hall–Kier alpha value is -2.03. The molecular weight excluding hydrogens is 226 g/mol. The van der Waals surface area contributed by atoms with Gasteiger partial charge in [0.1, 0.15) is 5.76 Å². The molecule has 0 aliphatic heterocycles. The van der Waals surface area contributed by atoms with Gasteiger partial charge in [-0.15, -0.1) is 0 Å². The molecule has 1 atom stereocenters. The third kappa shape index (κ3) is 2.80. The quantitative estimate of drug-likeness (QED) is 0.896. The molecule has 3 heteroatoms. The molecule has 0 aliphatic carbocycles. The first-order valence-electron chi connectivity index (χ1n) is 6.05. The number of hydrogen-bond acceptors (Lipinski definition) is 2. The Morgan fingerprint density at radius 2 is 2.00 bits per heavy atom. The fourth-order valence-electron chi connectivity index (χ4n) is 1.86. The van der Waals surface area contributed by atoms with Crippen molar-refractivity contribution >= 4 is 5.91 Å². The number of carbonyl (C=O) groups excluding carboxylic acids is 1. The zero-order valence-corrected chi connectivity index (χ0v) is 10.6. The van der Waals surface area contributed by atoms with E-state index < -0.39 is 0 Å². The summed E-state index contributed by atoms with van der Waals surface area (Å²) in [6.07, 6.45) is 1.53. The number of rotatable bonds is 4. The monoisotopic (exact) mass is 243 g/mol. The first-order valence-corrected chi connectivity index (χ1v) is 6.05. The first kappa shape index (κ1) is 12.4. The highest BCUT2D eigenvalue weighted by atomic mass is 16.3. The molecule has 0 saturated carbocycles. The second-order valence-corrected chi connectivity index (χ2v) is 4.41. The van der Waals surface area contributed by atoms with Crippen LogP contribution in [0.4, 0.5) is 0 Å². The van der Waals surface area contributed by atoms with Gasteiger partial charge in [0.2, 0.25) is 0 Å². The van der Waals surface area contributed by atoms with Gasteiger partial charge >= 0.3 is 0 Å². The molecule has 0 bridgehead atoms. The predicted molar refractivity (Wildman–Crippen MR) is 70.6 cm³/mol. The fourth-order valence-corrected chi connectivity index (χ4v) is 1.86. The van der Waals surface area contributed by atoms with Crippen LogP contribution in [0.2, 0.25) is 0 Å². The van der Waals surface area contributed by atoms with Crippen molar-refractivity contribution in [2.75, 3.05) is 6.54 Å². The lowest BCUT2D eigenvalue weighted by Crippen LogP contribution is -2.27. The van der Waals surface area contributed by atoms with Crippen LogP contribution in [0.25, 0.3) is 0 Å². The van der Waals surface area contributed by atoms with E-state index in [1.165, 1.54) is 11.8 Å². The topological polar surface area (TPSA) is 42.2 Å². The van der Waals surface area contributed by atoms with Crippen molar-refractivity contribution in [3.05, 3.63) is 59.5 Å². The second kappa shape index (κ2) is 5.54. The van der Waals surface area contributed by atoms with Crippen LogP contribution in [0.1, 0.15) is 34.5 Å². The summed E-state index contributed by atoms with van der Waals surface area (Å²) in [7, 11) is 0. The summed E-state index contributed by atoms with van der Waals surface area (Å²) in [5.74, 6) is 0.867. The summed E-state index contributed by atoms with van der Waals surface area (Å²) in [6.45, 7) is 4.50. The molecule has 1 heterocycles. The van der Waals surface area contributed by atoms with Gasteiger partial charge in [-0.2, -0.15) is 0 Å². The third-order valence-corrected chi connectivity index (χ3v) is 3.04. The minimum absolute atomic E-state index is 0.0796. The van der Waals surface area contributed by atoms with Gasteiger partial charge in [-0.25, -0.2) is 0 Å². The smallest absolute Gasteiger partial charge is 0.254 e. The van der Waals surface area contributed by atoms with E-state index in [4.69, 9.17) is 4.42 Å². The van der Waals surface area contributed by atoms with Crippen molar-refractivity contribution < 1.29 is 9.21 Å². The Kier molecular flexibility index (Phi) is 3.82. The molecule has 0 spiro atoms. The molecule has 0 aliphatic rings. The summed E-state index contributed by atoms with van der Waals surface area (Å²) in [5, 5.41) is 2.93. The van der Waals surface area contributed by atoms with Crippen LogP contribution in [0.15, 0.2) is 47.1 Å². The standard InChI is InChI=1S/C15H17NO2/c1-11(13-6-4-3-5-7-13)10-16-15(17)14-8-9-18-12(14)2/h3-9,11H,10H2,1-2H3,(H,16,17). The number of carbonyl (C=O) groups is 1. The summed E-state index contributed by atoms with van der Waals surface area (Å²) in [4.78, 5) is 11.9. The summed E-state index contributed by atoms with van der Waals surface area (Å²) in [5.41, 5.74) is 1.83. The highest BCUT2D eigenvalue weighted by molar-refractivity contribution is 5.95. The van der Waals surface area contributed by atoms with Crippen molar-refractivity contribution in [1.29, 1.82) is 0 Å². The van der Waals surface area contributed by atoms with Crippen LogP contribution in [-0.2, 0) is 0 Å². The van der Waals surface area contributed by atoms with E-state index in [1.54, 1.807) is 13.0 Å². The van der Waals surface area contributed by atoms with Gasteiger partial charge in [-0.05, 0) is 24.5 Å². The molecule has 1 aromatic heterocycles. The van der Waals surface area contributed by atoms with Gasteiger partial charge in [-0.1, -0.05) is 37.3 Å². The van der Waals surface area contributed by atoms with Gasteiger partial charge in [-0.3, -0.25) is 4.79 Å². The Morgan fingerprint density at radius 3 is 2.61 bits per heavy atom. The Morgan fingerprint density at radius 1 is 1.28 bits per heavy atom. The van der Waals surface area contributed by atoms with Crippen molar-refractivity contribution in [2.45, 2.75) is 19.8 Å². The van der Waals surface area contributed by atoms with Gasteiger partial charge < -0.3 is 9.73 Å². The number of nitrogens with one attached hydrogen (secondary N) is 1. The van der Waals surface area contributed by atoms with E-state index in [-0.39, 0.29) is 5.91 Å². The molecule has 3 nitrogen and oxygen atoms in total. The Balaban J connectivity index is 1.93. The van der Waals surface area contributed by atoms with Crippen LogP contribution >= 0.6 is 0 Å². The van der Waals surface area contributed by atoms with E-state index in [2.05, 4.69) is 24.4 Å². The maximum Gasteiger partial charge on any atom is 0.254 e. The Bertz CT molecular complexity index is 516. The summed E-state index contributed by atoms with van der Waals surface area (Å²) >= 11 is 0. The van der Waals surface area contributed by atoms with E-state index in [1.807, 2.05) is 18.2 Å². The zero-order chi connectivity index (χ0) is 13.0. The van der Waals surface area contributed by atoms with E-state index in [0.29, 0.717) is 23.8 Å². The van der Waals surface area contributed by atoms with E-state index >= 15 is 0 Å². The van der Waals surface area contributed by atoms with E-state index in [0.717, 1.165) is 0 Å². The molecule has 1 N–H and O–H groups in total. The zero-order valence-electron chi connectivity index (χ0n) is 10.6. The lowest BCUT2D eigenvalue weighted by molar-refractivity contribution is 0.0950. The van der Waals surface area contributed by atoms with Crippen molar-refractivity contribution in [3.63, 3.8) is 0 Å². The van der Waals surface area contributed by atoms with E-state index in [9.17, 15) is 4.79 Å². The molecular formula is C15H17NO2. The number of benzene rings is 1. The molecule has 1 unspecified atom stereocenters. The largest absolute Gasteiger partial charge is 0.469 e. The van der Waals surface area contributed by atoms with Crippen LogP contribution in [0.5, 0.6) is 0 Å². The van der Waals surface area contributed by atoms with Gasteiger partial charge in [0, 0.05) is 6.54 Å². The third-order valence-electron chi connectivity index (χ3n) is 3.04. The normalized spacial score (nSPS) is 12.1. The molecule has 1 aromatic carbocycles. The van der Waals surface area contributed by atoms with Crippen LogP contribution in [-0.4, -0.2) is 12.5 Å². The minimum Gasteiger partial charge on any atom is -0.469 e. The number of amides is 1. The number of furan rings is 1. The highest BCUT2D eigenvalue weighted by Gasteiger charge is 2.12. The van der Waals surface area contributed by atoms with Gasteiger partial charge in [0.25, 0.3) is 5.91 Å². The maximum absolute atomic E-state index is 11.9. The molecule has 2 aromatic rings. The lowest BCUT2D eigenvalue weighted by Gasteiger charge is -2.12. The SMILES string of the molecule is Cc1occc1C(=O)NCC(C)c1ccccc1.